The molecule has 0 saturated heterocycles. The fraction of sp³-hybridized carbons (Fsp3) is 0.250. The Morgan fingerprint density at radius 2 is 1.85 bits per heavy atom. The number of carbonyl (C=O) groups excluding carboxylic acids is 1. The van der Waals surface area contributed by atoms with Gasteiger partial charge in [0.25, 0.3) is 0 Å². The van der Waals surface area contributed by atoms with E-state index in [0.717, 1.165) is 16.9 Å². The first kappa shape index (κ1) is 17.7. The number of aryl methyl sites for hydroxylation is 1. The van der Waals surface area contributed by atoms with E-state index in [9.17, 15) is 4.79 Å². The Bertz CT molecular complexity index is 844. The molecule has 6 heteroatoms. The lowest BCUT2D eigenvalue weighted by Gasteiger charge is -2.16. The van der Waals surface area contributed by atoms with Crippen LogP contribution in [0.1, 0.15) is 17.9 Å². The summed E-state index contributed by atoms with van der Waals surface area (Å²) in [6, 6.07) is 17.3. The number of hydrogen-bond acceptors (Lipinski definition) is 5. The maximum absolute atomic E-state index is 12.3. The second-order valence-electron chi connectivity index (χ2n) is 5.98. The predicted molar refractivity (Wildman–Crippen MR) is 97.5 cm³/mol. The Morgan fingerprint density at radius 3 is 2.54 bits per heavy atom. The van der Waals surface area contributed by atoms with Gasteiger partial charge in [0.1, 0.15) is 5.75 Å². The number of rotatable bonds is 7. The van der Waals surface area contributed by atoms with Crippen LogP contribution >= 0.6 is 0 Å². The third kappa shape index (κ3) is 4.47. The summed E-state index contributed by atoms with van der Waals surface area (Å²) in [5, 5.41) is 3.98. The normalized spacial score (nSPS) is 10.5. The third-order valence-corrected chi connectivity index (χ3v) is 4.06. The van der Waals surface area contributed by atoms with Crippen LogP contribution < -0.4 is 4.74 Å². The Balaban J connectivity index is 1.54. The quantitative estimate of drug-likeness (QED) is 0.653. The van der Waals surface area contributed by atoms with Crippen molar-refractivity contribution < 1.29 is 14.1 Å². The average molecular weight is 351 g/mol. The van der Waals surface area contributed by atoms with Gasteiger partial charge in [-0.1, -0.05) is 35.5 Å². The van der Waals surface area contributed by atoms with Gasteiger partial charge in [-0.2, -0.15) is 4.98 Å². The van der Waals surface area contributed by atoms with E-state index in [-0.39, 0.29) is 5.91 Å². The van der Waals surface area contributed by atoms with E-state index < -0.39 is 0 Å². The van der Waals surface area contributed by atoms with Crippen LogP contribution in [0, 0.1) is 0 Å². The van der Waals surface area contributed by atoms with Gasteiger partial charge in [-0.3, -0.25) is 4.79 Å². The molecule has 0 unspecified atom stereocenters. The van der Waals surface area contributed by atoms with Crippen molar-refractivity contribution in [2.24, 2.45) is 0 Å². The zero-order valence-corrected chi connectivity index (χ0v) is 14.9. The fourth-order valence-corrected chi connectivity index (χ4v) is 2.56. The molecule has 0 aliphatic heterocycles. The highest BCUT2D eigenvalue weighted by molar-refractivity contribution is 5.76. The van der Waals surface area contributed by atoms with E-state index in [4.69, 9.17) is 9.26 Å². The first-order chi connectivity index (χ1) is 12.7. The molecule has 0 N–H and O–H groups in total. The topological polar surface area (TPSA) is 68.5 Å². The van der Waals surface area contributed by atoms with Crippen molar-refractivity contribution in [2.75, 3.05) is 14.2 Å². The van der Waals surface area contributed by atoms with E-state index in [0.29, 0.717) is 31.1 Å². The Morgan fingerprint density at radius 1 is 1.12 bits per heavy atom. The van der Waals surface area contributed by atoms with E-state index >= 15 is 0 Å². The van der Waals surface area contributed by atoms with E-state index in [2.05, 4.69) is 10.1 Å². The van der Waals surface area contributed by atoms with Gasteiger partial charge in [-0.15, -0.1) is 0 Å². The lowest BCUT2D eigenvalue weighted by molar-refractivity contribution is -0.130. The molecule has 26 heavy (non-hydrogen) atoms. The Kier molecular flexibility index (Phi) is 5.63. The zero-order valence-electron chi connectivity index (χ0n) is 14.9. The number of carbonyl (C=O) groups is 1. The van der Waals surface area contributed by atoms with Gasteiger partial charge in [0.05, 0.1) is 7.11 Å². The van der Waals surface area contributed by atoms with Crippen LogP contribution in [0.5, 0.6) is 5.75 Å². The van der Waals surface area contributed by atoms with Gasteiger partial charge >= 0.3 is 0 Å². The number of aromatic nitrogens is 2. The molecule has 0 atom stereocenters. The highest BCUT2D eigenvalue weighted by Gasteiger charge is 2.13. The summed E-state index contributed by atoms with van der Waals surface area (Å²) < 4.78 is 10.4. The standard InChI is InChI=1S/C20H21N3O3/c1-23(14-15-6-4-3-5-7-15)19(24)13-12-18-21-20(22-26-18)16-8-10-17(25-2)11-9-16/h3-11H,12-14H2,1-2H3. The number of nitrogens with zero attached hydrogens (tertiary/aromatic N) is 3. The zero-order chi connectivity index (χ0) is 18.4. The number of hydrogen-bond donors (Lipinski definition) is 0. The summed E-state index contributed by atoms with van der Waals surface area (Å²) in [6.07, 6.45) is 0.745. The van der Waals surface area contributed by atoms with Gasteiger partial charge in [0.2, 0.25) is 17.6 Å². The van der Waals surface area contributed by atoms with Gasteiger partial charge in [-0.25, -0.2) is 0 Å². The molecular weight excluding hydrogens is 330 g/mol. The molecule has 134 valence electrons. The number of benzene rings is 2. The molecule has 3 aromatic rings. The summed E-state index contributed by atoms with van der Waals surface area (Å²) >= 11 is 0. The smallest absolute Gasteiger partial charge is 0.227 e. The largest absolute Gasteiger partial charge is 0.497 e. The second-order valence-corrected chi connectivity index (χ2v) is 5.98. The molecule has 1 amide bonds. The van der Waals surface area contributed by atoms with Gasteiger partial charge in [0.15, 0.2) is 0 Å². The van der Waals surface area contributed by atoms with Crippen LogP contribution in [0.2, 0.25) is 0 Å². The Labute approximate surface area is 152 Å². The van der Waals surface area contributed by atoms with Crippen molar-refractivity contribution in [3.8, 4) is 17.1 Å². The summed E-state index contributed by atoms with van der Waals surface area (Å²) in [6.45, 7) is 0.584. The molecule has 2 aromatic carbocycles. The van der Waals surface area contributed by atoms with Crippen LogP contribution in [0.25, 0.3) is 11.4 Å². The van der Waals surface area contributed by atoms with Gasteiger partial charge < -0.3 is 14.2 Å². The van der Waals surface area contributed by atoms with Crippen molar-refractivity contribution >= 4 is 5.91 Å². The minimum Gasteiger partial charge on any atom is -0.497 e. The minimum absolute atomic E-state index is 0.0399. The molecule has 1 heterocycles. The Hall–Kier alpha value is -3.15. The number of amides is 1. The first-order valence-corrected chi connectivity index (χ1v) is 8.40. The summed E-state index contributed by atoms with van der Waals surface area (Å²) in [5.41, 5.74) is 1.94. The minimum atomic E-state index is 0.0399. The van der Waals surface area contributed by atoms with Crippen LogP contribution in [0.15, 0.2) is 59.1 Å². The molecule has 1 aromatic heterocycles. The van der Waals surface area contributed by atoms with Crippen molar-refractivity contribution in [3.63, 3.8) is 0 Å². The molecule has 0 radical (unpaired) electrons. The lowest BCUT2D eigenvalue weighted by atomic mass is 10.2. The van der Waals surface area contributed by atoms with Gasteiger partial charge in [0, 0.05) is 32.0 Å². The average Bonchev–Trinajstić information content (AvgIpc) is 3.16. The van der Waals surface area contributed by atoms with Crippen molar-refractivity contribution in [1.82, 2.24) is 15.0 Å². The fourth-order valence-electron chi connectivity index (χ4n) is 2.56. The highest BCUT2D eigenvalue weighted by Crippen LogP contribution is 2.20. The van der Waals surface area contributed by atoms with E-state index in [1.54, 1.807) is 19.1 Å². The van der Waals surface area contributed by atoms with E-state index in [1.807, 2.05) is 54.6 Å². The number of methoxy groups -OCH3 is 1. The molecule has 6 nitrogen and oxygen atoms in total. The van der Waals surface area contributed by atoms with Crippen LogP contribution in [-0.2, 0) is 17.8 Å². The summed E-state index contributed by atoms with van der Waals surface area (Å²) in [7, 11) is 3.42. The molecule has 0 saturated carbocycles. The molecule has 0 bridgehead atoms. The lowest BCUT2D eigenvalue weighted by Crippen LogP contribution is -2.26. The molecule has 0 fully saturated rings. The molecule has 0 aliphatic carbocycles. The summed E-state index contributed by atoms with van der Waals surface area (Å²) in [5.74, 6) is 1.77. The molecule has 0 spiro atoms. The monoisotopic (exact) mass is 351 g/mol. The van der Waals surface area contributed by atoms with Crippen molar-refractivity contribution in [1.29, 1.82) is 0 Å². The first-order valence-electron chi connectivity index (χ1n) is 8.40. The number of ether oxygens (including phenoxy) is 1. The third-order valence-electron chi connectivity index (χ3n) is 4.06. The SMILES string of the molecule is COc1ccc(-c2noc(CCC(=O)N(C)Cc3ccccc3)n2)cc1. The van der Waals surface area contributed by atoms with Crippen LogP contribution in [0.3, 0.4) is 0 Å². The predicted octanol–water partition coefficient (Wildman–Crippen LogP) is 3.34. The van der Waals surface area contributed by atoms with Crippen molar-refractivity contribution in [2.45, 2.75) is 19.4 Å². The maximum Gasteiger partial charge on any atom is 0.227 e. The van der Waals surface area contributed by atoms with Gasteiger partial charge in [-0.05, 0) is 29.8 Å². The molecule has 3 rings (SSSR count). The second kappa shape index (κ2) is 8.29. The summed E-state index contributed by atoms with van der Waals surface area (Å²) in [4.78, 5) is 18.4. The molecule has 0 aliphatic rings. The van der Waals surface area contributed by atoms with E-state index in [1.165, 1.54) is 0 Å². The van der Waals surface area contributed by atoms with Crippen molar-refractivity contribution in [3.05, 3.63) is 66.1 Å². The maximum atomic E-state index is 12.3. The molecular formula is C20H21N3O3. The highest BCUT2D eigenvalue weighted by atomic mass is 16.5. The van der Waals surface area contributed by atoms with Crippen LogP contribution in [0.4, 0.5) is 0 Å². The van der Waals surface area contributed by atoms with Crippen LogP contribution in [-0.4, -0.2) is 35.1 Å².